The van der Waals surface area contributed by atoms with E-state index in [0.29, 0.717) is 24.8 Å². The van der Waals surface area contributed by atoms with Crippen LogP contribution in [0.25, 0.3) is 0 Å². The molecule has 0 radical (unpaired) electrons. The molecule has 0 spiro atoms. The van der Waals surface area contributed by atoms with Crippen molar-refractivity contribution in [1.29, 1.82) is 0 Å². The van der Waals surface area contributed by atoms with Gasteiger partial charge in [0.05, 0.1) is 7.11 Å². The maximum Gasteiger partial charge on any atom is 0.320 e. The number of methoxy groups -OCH3 is 1. The molecule has 0 saturated carbocycles. The van der Waals surface area contributed by atoms with Crippen molar-refractivity contribution in [2.24, 2.45) is 5.92 Å². The molecule has 5 nitrogen and oxygen atoms in total. The highest BCUT2D eigenvalue weighted by atomic mass is 16.5. The monoisotopic (exact) mass is 498 g/mol. The first-order valence-electron chi connectivity index (χ1n) is 13.5. The third-order valence-electron chi connectivity index (χ3n) is 8.39. The zero-order valence-electron chi connectivity index (χ0n) is 22.0. The summed E-state index contributed by atoms with van der Waals surface area (Å²) in [6.45, 7) is 5.91. The smallest absolute Gasteiger partial charge is 0.320 e. The molecule has 3 aromatic carbocycles. The van der Waals surface area contributed by atoms with Gasteiger partial charge in [-0.2, -0.15) is 0 Å². The lowest BCUT2D eigenvalue weighted by atomic mass is 9.68. The Bertz CT molecular complexity index is 1160. The third-order valence-corrected chi connectivity index (χ3v) is 8.39. The van der Waals surface area contributed by atoms with Crippen molar-refractivity contribution in [3.63, 3.8) is 0 Å². The van der Waals surface area contributed by atoms with Gasteiger partial charge in [0.15, 0.2) is 0 Å². The highest BCUT2D eigenvalue weighted by Crippen LogP contribution is 2.44. The summed E-state index contributed by atoms with van der Waals surface area (Å²) in [5.41, 5.74) is 4.89. The van der Waals surface area contributed by atoms with E-state index in [4.69, 9.17) is 4.74 Å². The minimum Gasteiger partial charge on any atom is -0.496 e. The number of carboxylic acid groups (broad SMARTS) is 1. The van der Waals surface area contributed by atoms with Crippen molar-refractivity contribution in [3.8, 4) is 5.75 Å². The van der Waals surface area contributed by atoms with Crippen molar-refractivity contribution in [2.45, 2.75) is 63.2 Å². The number of nitrogens with one attached hydrogen (secondary N) is 1. The molecule has 2 N–H and O–H groups in total. The number of hydrogen-bond donors (Lipinski definition) is 2. The Morgan fingerprint density at radius 1 is 1.00 bits per heavy atom. The Kier molecular flexibility index (Phi) is 7.63. The van der Waals surface area contributed by atoms with Crippen LogP contribution in [0.2, 0.25) is 0 Å². The Morgan fingerprint density at radius 3 is 2.22 bits per heavy atom. The van der Waals surface area contributed by atoms with Crippen LogP contribution in [0.1, 0.15) is 60.8 Å². The Labute approximate surface area is 220 Å². The molecule has 2 bridgehead atoms. The molecule has 37 heavy (non-hydrogen) atoms. The quantitative estimate of drug-likeness (QED) is 0.399. The van der Waals surface area contributed by atoms with E-state index in [2.05, 4.69) is 90.8 Å². The van der Waals surface area contributed by atoms with Crippen LogP contribution in [-0.2, 0) is 11.3 Å². The SMILES string of the molecule is COc1ccc(C(C)C)cc1CN[C@H]1[C@H]2CCN(C(C(=O)O)C2)[C@H]1C(c1ccccc1)c1ccccc1. The van der Waals surface area contributed by atoms with Gasteiger partial charge in [-0.05, 0) is 54.0 Å². The first kappa shape index (κ1) is 25.5. The molecule has 2 unspecified atom stereocenters. The van der Waals surface area contributed by atoms with Gasteiger partial charge in [-0.1, -0.05) is 86.6 Å². The molecule has 3 heterocycles. The summed E-state index contributed by atoms with van der Waals surface area (Å²) in [7, 11) is 1.73. The second kappa shape index (κ2) is 11.1. The van der Waals surface area contributed by atoms with Crippen LogP contribution in [0.5, 0.6) is 5.75 Å². The summed E-state index contributed by atoms with van der Waals surface area (Å²) < 4.78 is 5.72. The van der Waals surface area contributed by atoms with E-state index in [9.17, 15) is 9.90 Å². The maximum absolute atomic E-state index is 12.4. The Hall–Kier alpha value is -3.15. The average Bonchev–Trinajstić information content (AvgIpc) is 2.93. The molecular weight excluding hydrogens is 460 g/mol. The van der Waals surface area contributed by atoms with Gasteiger partial charge in [0.25, 0.3) is 0 Å². The molecule has 194 valence electrons. The molecule has 5 heteroatoms. The van der Waals surface area contributed by atoms with Gasteiger partial charge in [-0.25, -0.2) is 0 Å². The lowest BCUT2D eigenvalue weighted by Gasteiger charge is -2.56. The minimum atomic E-state index is -0.709. The number of carboxylic acids is 1. The first-order valence-corrected chi connectivity index (χ1v) is 13.5. The number of rotatable bonds is 9. The van der Waals surface area contributed by atoms with Gasteiger partial charge in [0, 0.05) is 30.1 Å². The van der Waals surface area contributed by atoms with Gasteiger partial charge in [-0.15, -0.1) is 0 Å². The van der Waals surface area contributed by atoms with Crippen LogP contribution in [-0.4, -0.2) is 47.8 Å². The van der Waals surface area contributed by atoms with Gasteiger partial charge in [-0.3, -0.25) is 9.69 Å². The number of carbonyl (C=O) groups is 1. The fraction of sp³-hybridized carbons (Fsp3) is 0.406. The van der Waals surface area contributed by atoms with E-state index in [0.717, 1.165) is 24.3 Å². The summed E-state index contributed by atoms with van der Waals surface area (Å²) in [6, 6.07) is 27.3. The Morgan fingerprint density at radius 2 is 1.65 bits per heavy atom. The van der Waals surface area contributed by atoms with Gasteiger partial charge >= 0.3 is 5.97 Å². The van der Waals surface area contributed by atoms with Crippen molar-refractivity contribution in [2.75, 3.05) is 13.7 Å². The van der Waals surface area contributed by atoms with Crippen LogP contribution >= 0.6 is 0 Å². The third kappa shape index (κ3) is 5.16. The summed E-state index contributed by atoms with van der Waals surface area (Å²) >= 11 is 0. The van der Waals surface area contributed by atoms with Crippen LogP contribution in [0.3, 0.4) is 0 Å². The zero-order valence-corrected chi connectivity index (χ0v) is 22.0. The van der Waals surface area contributed by atoms with E-state index >= 15 is 0 Å². The molecule has 0 aliphatic carbocycles. The van der Waals surface area contributed by atoms with Crippen molar-refractivity contribution < 1.29 is 14.6 Å². The van der Waals surface area contributed by atoms with Crippen molar-refractivity contribution >= 4 is 5.97 Å². The topological polar surface area (TPSA) is 61.8 Å². The Balaban J connectivity index is 1.54. The summed E-state index contributed by atoms with van der Waals surface area (Å²) in [5.74, 6) is 0.977. The van der Waals surface area contributed by atoms with E-state index in [1.807, 2.05) is 12.1 Å². The fourth-order valence-electron chi connectivity index (χ4n) is 6.54. The predicted molar refractivity (Wildman–Crippen MR) is 147 cm³/mol. The van der Waals surface area contributed by atoms with Crippen LogP contribution in [0.15, 0.2) is 78.9 Å². The van der Waals surface area contributed by atoms with Crippen molar-refractivity contribution in [3.05, 3.63) is 101 Å². The summed E-state index contributed by atoms with van der Waals surface area (Å²) in [4.78, 5) is 14.6. The van der Waals surface area contributed by atoms with E-state index < -0.39 is 12.0 Å². The number of benzene rings is 3. The van der Waals surface area contributed by atoms with Gasteiger partial charge in [0.1, 0.15) is 11.8 Å². The average molecular weight is 499 g/mol. The number of aliphatic carboxylic acids is 1. The second-order valence-electron chi connectivity index (χ2n) is 10.8. The highest BCUT2D eigenvalue weighted by Gasteiger charge is 2.52. The van der Waals surface area contributed by atoms with E-state index in [1.165, 1.54) is 16.7 Å². The lowest BCUT2D eigenvalue weighted by molar-refractivity contribution is -0.152. The minimum absolute atomic E-state index is 0.0256. The number of nitrogens with zero attached hydrogens (tertiary/aromatic N) is 1. The molecule has 3 aliphatic rings. The predicted octanol–water partition coefficient (Wildman–Crippen LogP) is 5.66. The molecule has 5 atom stereocenters. The largest absolute Gasteiger partial charge is 0.496 e. The molecule has 3 aliphatic heterocycles. The first-order chi connectivity index (χ1) is 18.0. The van der Waals surface area contributed by atoms with E-state index in [1.54, 1.807) is 7.11 Å². The molecule has 3 aromatic rings. The zero-order chi connectivity index (χ0) is 25.9. The lowest BCUT2D eigenvalue weighted by Crippen LogP contribution is -2.69. The molecule has 0 aromatic heterocycles. The van der Waals surface area contributed by atoms with Crippen LogP contribution in [0, 0.1) is 5.92 Å². The molecule has 0 amide bonds. The van der Waals surface area contributed by atoms with Gasteiger partial charge < -0.3 is 15.2 Å². The second-order valence-corrected chi connectivity index (χ2v) is 10.8. The van der Waals surface area contributed by atoms with Crippen LogP contribution < -0.4 is 10.1 Å². The number of ether oxygens (including phenoxy) is 1. The van der Waals surface area contributed by atoms with Crippen LogP contribution in [0.4, 0.5) is 0 Å². The maximum atomic E-state index is 12.4. The fourth-order valence-corrected chi connectivity index (χ4v) is 6.54. The number of piperidine rings is 3. The molecular formula is C32H38N2O3. The normalized spacial score (nSPS) is 24.9. The summed E-state index contributed by atoms with van der Waals surface area (Å²) in [5, 5.41) is 14.1. The summed E-state index contributed by atoms with van der Waals surface area (Å²) in [6.07, 6.45) is 1.69. The number of fused-ring (bicyclic) bond motifs is 3. The highest BCUT2D eigenvalue weighted by molar-refractivity contribution is 5.74. The van der Waals surface area contributed by atoms with Gasteiger partial charge in [0.2, 0.25) is 0 Å². The molecule has 6 rings (SSSR count). The van der Waals surface area contributed by atoms with Crippen molar-refractivity contribution in [1.82, 2.24) is 10.2 Å². The standard InChI is InChI=1S/C32H38N2O3/c1-21(2)24-14-15-28(37-3)26(18-24)20-33-30-25-16-17-34(27(19-25)32(35)36)31(30)29(22-10-6-4-7-11-22)23-12-8-5-9-13-23/h4-15,18,21,25,27,29-31,33H,16-17,19-20H2,1-3H3,(H,35,36)/t25-,27?,30-,31-/m0/s1. The molecule has 3 saturated heterocycles. The molecule has 3 fully saturated rings. The number of hydrogen-bond acceptors (Lipinski definition) is 4. The van der Waals surface area contributed by atoms with E-state index in [-0.39, 0.29) is 18.0 Å².